The number of hydrogen-bond donors (Lipinski definition) is 2. The molecule has 2 heterocycles. The Morgan fingerprint density at radius 3 is 3.05 bits per heavy atom. The molecule has 1 amide bonds. The highest BCUT2D eigenvalue weighted by molar-refractivity contribution is 7.15. The van der Waals surface area contributed by atoms with Gasteiger partial charge in [0.25, 0.3) is 6.43 Å². The maximum absolute atomic E-state index is 12.6. The summed E-state index contributed by atoms with van der Waals surface area (Å²) in [6.07, 6.45) is 1.42. The molecule has 0 spiro atoms. The number of fused-ring (bicyclic) bond motifs is 1. The average molecular weight is 302 g/mol. The van der Waals surface area contributed by atoms with Crippen LogP contribution in [-0.2, 0) is 4.79 Å². The first-order valence-electron chi connectivity index (χ1n) is 6.75. The number of halogens is 2. The van der Waals surface area contributed by atoms with Gasteiger partial charge in [0.1, 0.15) is 0 Å². The average Bonchev–Trinajstić information content (AvgIpc) is 3.04. The lowest BCUT2D eigenvalue weighted by atomic mass is 9.68. The fourth-order valence-corrected chi connectivity index (χ4v) is 3.88. The number of anilines is 1. The van der Waals surface area contributed by atoms with Gasteiger partial charge in [-0.25, -0.2) is 8.78 Å². The van der Waals surface area contributed by atoms with E-state index < -0.39 is 11.8 Å². The molecule has 0 aromatic carbocycles. The molecule has 1 aromatic heterocycles. The number of hydrogen-bond acceptors (Lipinski definition) is 5. The maximum atomic E-state index is 12.6. The van der Waals surface area contributed by atoms with Gasteiger partial charge in [0.2, 0.25) is 11.0 Å². The minimum Gasteiger partial charge on any atom is -0.315 e. The second kappa shape index (κ2) is 5.33. The van der Waals surface area contributed by atoms with Gasteiger partial charge in [0.15, 0.2) is 5.01 Å². The van der Waals surface area contributed by atoms with E-state index in [4.69, 9.17) is 0 Å². The molecule has 8 heteroatoms. The van der Waals surface area contributed by atoms with Gasteiger partial charge in [-0.3, -0.25) is 10.1 Å². The summed E-state index contributed by atoms with van der Waals surface area (Å²) in [4.78, 5) is 12.6. The van der Waals surface area contributed by atoms with Crippen molar-refractivity contribution in [2.75, 3.05) is 18.4 Å². The van der Waals surface area contributed by atoms with Crippen molar-refractivity contribution in [3.63, 3.8) is 0 Å². The lowest BCUT2D eigenvalue weighted by Gasteiger charge is -2.36. The molecule has 0 radical (unpaired) electrons. The fourth-order valence-electron chi connectivity index (χ4n) is 3.29. The van der Waals surface area contributed by atoms with E-state index >= 15 is 0 Å². The molecule has 1 saturated carbocycles. The smallest absolute Gasteiger partial charge is 0.291 e. The number of aromatic nitrogens is 2. The molecule has 0 unspecified atom stereocenters. The van der Waals surface area contributed by atoms with Crippen molar-refractivity contribution in [3.8, 4) is 0 Å². The predicted octanol–water partition coefficient (Wildman–Crippen LogP) is 2.19. The van der Waals surface area contributed by atoms with Gasteiger partial charge in [-0.1, -0.05) is 24.2 Å². The summed E-state index contributed by atoms with van der Waals surface area (Å²) in [7, 11) is 0. The van der Waals surface area contributed by atoms with E-state index in [1.54, 1.807) is 0 Å². The Labute approximate surface area is 119 Å². The second-order valence-corrected chi connectivity index (χ2v) is 6.44. The Bertz CT molecular complexity index is 509. The van der Waals surface area contributed by atoms with Crippen LogP contribution < -0.4 is 10.6 Å². The molecule has 1 saturated heterocycles. The second-order valence-electron chi connectivity index (χ2n) is 5.43. The molecule has 0 bridgehead atoms. The number of carbonyl (C=O) groups excluding carboxylic acids is 1. The van der Waals surface area contributed by atoms with Gasteiger partial charge in [-0.2, -0.15) is 0 Å². The van der Waals surface area contributed by atoms with Crippen LogP contribution in [0.2, 0.25) is 0 Å². The zero-order chi connectivity index (χ0) is 14.2. The molecule has 1 aliphatic carbocycles. The summed E-state index contributed by atoms with van der Waals surface area (Å²) >= 11 is 0.740. The highest BCUT2D eigenvalue weighted by atomic mass is 32.1. The molecule has 2 fully saturated rings. The minimum atomic E-state index is -2.65. The van der Waals surface area contributed by atoms with Crippen molar-refractivity contribution >= 4 is 22.4 Å². The number of nitrogens with one attached hydrogen (secondary N) is 2. The van der Waals surface area contributed by atoms with Crippen LogP contribution in [0.1, 0.15) is 37.1 Å². The largest absolute Gasteiger partial charge is 0.315 e. The molecule has 1 aliphatic heterocycles. The van der Waals surface area contributed by atoms with E-state index in [-0.39, 0.29) is 16.0 Å². The lowest BCUT2D eigenvalue weighted by molar-refractivity contribution is -0.128. The molecule has 110 valence electrons. The molecular weight excluding hydrogens is 286 g/mol. The van der Waals surface area contributed by atoms with E-state index in [9.17, 15) is 13.6 Å². The highest BCUT2D eigenvalue weighted by Gasteiger charge is 2.50. The van der Waals surface area contributed by atoms with Gasteiger partial charge >= 0.3 is 0 Å². The third-order valence-corrected chi connectivity index (χ3v) is 5.18. The molecule has 2 atom stereocenters. The summed E-state index contributed by atoms with van der Waals surface area (Å²) in [6.45, 7) is 1.51. The molecule has 2 aliphatic rings. The van der Waals surface area contributed by atoms with Crippen LogP contribution in [0.15, 0.2) is 0 Å². The first-order valence-corrected chi connectivity index (χ1v) is 7.57. The van der Waals surface area contributed by atoms with Crippen molar-refractivity contribution in [3.05, 3.63) is 5.01 Å². The molecular formula is C12H16F2N4OS. The van der Waals surface area contributed by atoms with Crippen molar-refractivity contribution in [1.82, 2.24) is 15.5 Å². The minimum absolute atomic E-state index is 0.107. The molecule has 2 N–H and O–H groups in total. The van der Waals surface area contributed by atoms with Crippen molar-refractivity contribution in [2.24, 2.45) is 11.3 Å². The maximum Gasteiger partial charge on any atom is 0.291 e. The molecule has 1 aromatic rings. The van der Waals surface area contributed by atoms with Gasteiger partial charge in [-0.05, 0) is 25.3 Å². The van der Waals surface area contributed by atoms with Crippen LogP contribution >= 0.6 is 11.3 Å². The standard InChI is InChI=1S/C12H16F2N4OS/c13-8(14)9-17-18-11(20-9)16-10(19)12-4-2-1-3-7(12)5-15-6-12/h7-8,15H,1-6H2,(H,16,18,19)/t7-,12+/m0/s1. The first kappa shape index (κ1) is 13.8. The normalized spacial score (nSPS) is 29.4. The molecule has 5 nitrogen and oxygen atoms in total. The summed E-state index contributed by atoms with van der Waals surface area (Å²) in [5.41, 5.74) is -0.408. The topological polar surface area (TPSA) is 66.9 Å². The Morgan fingerprint density at radius 2 is 2.30 bits per heavy atom. The Kier molecular flexibility index (Phi) is 3.68. The van der Waals surface area contributed by atoms with E-state index in [0.717, 1.165) is 43.6 Å². The zero-order valence-electron chi connectivity index (χ0n) is 10.9. The van der Waals surface area contributed by atoms with Crippen molar-refractivity contribution in [2.45, 2.75) is 32.1 Å². The highest BCUT2D eigenvalue weighted by Crippen LogP contribution is 2.44. The van der Waals surface area contributed by atoms with Crippen molar-refractivity contribution in [1.29, 1.82) is 0 Å². The van der Waals surface area contributed by atoms with E-state index in [0.29, 0.717) is 12.5 Å². The van der Waals surface area contributed by atoms with Crippen LogP contribution in [-0.4, -0.2) is 29.2 Å². The fraction of sp³-hybridized carbons (Fsp3) is 0.750. The number of carbonyl (C=O) groups is 1. The number of rotatable bonds is 3. The van der Waals surface area contributed by atoms with Gasteiger partial charge in [0, 0.05) is 6.54 Å². The third kappa shape index (κ3) is 2.31. The zero-order valence-corrected chi connectivity index (χ0v) is 11.7. The first-order chi connectivity index (χ1) is 9.62. The van der Waals surface area contributed by atoms with Crippen molar-refractivity contribution < 1.29 is 13.6 Å². The van der Waals surface area contributed by atoms with Crippen LogP contribution in [0.3, 0.4) is 0 Å². The number of nitrogens with zero attached hydrogens (tertiary/aromatic N) is 2. The third-order valence-electron chi connectivity index (χ3n) is 4.34. The van der Waals surface area contributed by atoms with Gasteiger partial charge in [0.05, 0.1) is 5.41 Å². The van der Waals surface area contributed by atoms with E-state index in [1.807, 2.05) is 0 Å². The summed E-state index contributed by atoms with van der Waals surface area (Å²) in [5, 5.41) is 12.8. The Morgan fingerprint density at radius 1 is 1.45 bits per heavy atom. The number of amides is 1. The quantitative estimate of drug-likeness (QED) is 0.898. The number of alkyl halides is 2. The lowest BCUT2D eigenvalue weighted by Crippen LogP contribution is -2.44. The van der Waals surface area contributed by atoms with Gasteiger partial charge in [-0.15, -0.1) is 10.2 Å². The predicted molar refractivity (Wildman–Crippen MR) is 70.8 cm³/mol. The van der Waals surface area contributed by atoms with Crippen LogP contribution in [0.5, 0.6) is 0 Å². The van der Waals surface area contributed by atoms with Crippen LogP contribution in [0, 0.1) is 11.3 Å². The SMILES string of the molecule is O=C(Nc1nnc(C(F)F)s1)[C@@]12CCCC[C@H]1CNC2. The summed E-state index contributed by atoms with van der Waals surface area (Å²) in [5.74, 6) is 0.225. The summed E-state index contributed by atoms with van der Waals surface area (Å²) < 4.78 is 24.9. The Hall–Kier alpha value is -1.15. The van der Waals surface area contributed by atoms with Crippen LogP contribution in [0.4, 0.5) is 13.9 Å². The van der Waals surface area contributed by atoms with E-state index in [1.165, 1.54) is 0 Å². The van der Waals surface area contributed by atoms with Gasteiger partial charge < -0.3 is 5.32 Å². The molecule has 3 rings (SSSR count). The molecule has 20 heavy (non-hydrogen) atoms. The Balaban J connectivity index is 1.74. The van der Waals surface area contributed by atoms with Crippen LogP contribution in [0.25, 0.3) is 0 Å². The van der Waals surface area contributed by atoms with E-state index in [2.05, 4.69) is 20.8 Å². The summed E-state index contributed by atoms with van der Waals surface area (Å²) in [6, 6.07) is 0. The monoisotopic (exact) mass is 302 g/mol.